The van der Waals surface area contributed by atoms with E-state index in [1.807, 2.05) is 25.9 Å². The van der Waals surface area contributed by atoms with Crippen LogP contribution in [0.25, 0.3) is 0 Å². The second-order valence-electron chi connectivity index (χ2n) is 5.69. The summed E-state index contributed by atoms with van der Waals surface area (Å²) >= 11 is 0. The zero-order chi connectivity index (χ0) is 16.7. The van der Waals surface area contributed by atoms with Gasteiger partial charge < -0.3 is 14.7 Å². The monoisotopic (exact) mass is 305 g/mol. The molecule has 5 nitrogen and oxygen atoms in total. The number of nitrogens with zero attached hydrogens (tertiary/aromatic N) is 1. The zero-order valence-electron chi connectivity index (χ0n) is 13.3. The van der Waals surface area contributed by atoms with Crippen molar-refractivity contribution in [3.63, 3.8) is 0 Å². The molecule has 0 radical (unpaired) electrons. The van der Waals surface area contributed by atoms with Crippen molar-refractivity contribution < 1.29 is 19.4 Å². The Morgan fingerprint density at radius 1 is 1.27 bits per heavy atom. The van der Waals surface area contributed by atoms with Gasteiger partial charge in [-0.1, -0.05) is 6.58 Å². The molecule has 120 valence electrons. The van der Waals surface area contributed by atoms with Crippen LogP contribution in [0.4, 0.5) is 0 Å². The maximum atomic E-state index is 12.4. The van der Waals surface area contributed by atoms with Crippen molar-refractivity contribution >= 4 is 11.8 Å². The minimum absolute atomic E-state index is 0.164. The SMILES string of the molecule is C=C(C)COc1ccc(C(=O)C(CC(=O)O)CN(C)C)cc1. The van der Waals surface area contributed by atoms with Crippen molar-refractivity contribution in [2.24, 2.45) is 5.92 Å². The number of carbonyl (C=O) groups excluding carboxylic acids is 1. The van der Waals surface area contributed by atoms with E-state index >= 15 is 0 Å². The molecule has 22 heavy (non-hydrogen) atoms. The number of hydrogen-bond acceptors (Lipinski definition) is 4. The standard InChI is InChI=1S/C17H23NO4/c1-12(2)11-22-15-7-5-13(6-8-15)17(21)14(9-16(19)20)10-18(3)4/h5-8,14H,1,9-11H2,2-4H3,(H,19,20). The molecule has 0 fully saturated rings. The first kappa shape index (κ1) is 17.9. The fraction of sp³-hybridized carbons (Fsp3) is 0.412. The fourth-order valence-corrected chi connectivity index (χ4v) is 2.05. The minimum atomic E-state index is -0.971. The highest BCUT2D eigenvalue weighted by Crippen LogP contribution is 2.18. The van der Waals surface area contributed by atoms with E-state index in [1.165, 1.54) is 0 Å². The number of ketones is 1. The summed E-state index contributed by atoms with van der Waals surface area (Å²) in [5, 5.41) is 8.96. The summed E-state index contributed by atoms with van der Waals surface area (Å²) in [5.74, 6) is -1.04. The molecule has 1 N–H and O–H groups in total. The van der Waals surface area contributed by atoms with Gasteiger partial charge in [0.1, 0.15) is 12.4 Å². The highest BCUT2D eigenvalue weighted by atomic mass is 16.5. The molecule has 1 aromatic carbocycles. The normalized spacial score (nSPS) is 12.0. The molecule has 1 aromatic rings. The van der Waals surface area contributed by atoms with E-state index in [-0.39, 0.29) is 12.2 Å². The van der Waals surface area contributed by atoms with Crippen LogP contribution in [0.1, 0.15) is 23.7 Å². The average Bonchev–Trinajstić information content (AvgIpc) is 2.43. The van der Waals surface area contributed by atoms with Gasteiger partial charge in [0, 0.05) is 18.0 Å². The van der Waals surface area contributed by atoms with Gasteiger partial charge in [-0.05, 0) is 50.9 Å². The number of hydrogen-bond donors (Lipinski definition) is 1. The third kappa shape index (κ3) is 6.10. The smallest absolute Gasteiger partial charge is 0.304 e. The quantitative estimate of drug-likeness (QED) is 0.561. The molecule has 0 amide bonds. The van der Waals surface area contributed by atoms with E-state index in [0.29, 0.717) is 24.5 Å². The summed E-state index contributed by atoms with van der Waals surface area (Å²) in [6.45, 7) is 6.45. The Kier molecular flexibility index (Phi) is 6.79. The number of carbonyl (C=O) groups is 2. The summed E-state index contributed by atoms with van der Waals surface area (Å²) in [5.41, 5.74) is 1.41. The first-order valence-electron chi connectivity index (χ1n) is 7.07. The third-order valence-corrected chi connectivity index (χ3v) is 3.00. The van der Waals surface area contributed by atoms with Gasteiger partial charge in [-0.2, -0.15) is 0 Å². The Morgan fingerprint density at radius 3 is 2.32 bits per heavy atom. The second-order valence-corrected chi connectivity index (χ2v) is 5.69. The molecule has 0 aliphatic carbocycles. The van der Waals surface area contributed by atoms with Gasteiger partial charge in [0.05, 0.1) is 6.42 Å². The van der Waals surface area contributed by atoms with Gasteiger partial charge in [0.15, 0.2) is 5.78 Å². The van der Waals surface area contributed by atoms with E-state index in [4.69, 9.17) is 9.84 Å². The highest BCUT2D eigenvalue weighted by Gasteiger charge is 2.23. The fourth-order valence-electron chi connectivity index (χ4n) is 2.05. The van der Waals surface area contributed by atoms with Crippen LogP contribution < -0.4 is 4.74 Å². The van der Waals surface area contributed by atoms with E-state index in [0.717, 1.165) is 5.57 Å². The molecule has 0 bridgehead atoms. The molecule has 1 unspecified atom stereocenters. The predicted octanol–water partition coefficient (Wildman–Crippen LogP) is 2.48. The Balaban J connectivity index is 2.80. The number of aliphatic carboxylic acids is 1. The van der Waals surface area contributed by atoms with Crippen molar-refractivity contribution in [2.45, 2.75) is 13.3 Å². The first-order chi connectivity index (χ1) is 10.3. The molecule has 0 aromatic heterocycles. The molecule has 5 heteroatoms. The largest absolute Gasteiger partial charge is 0.489 e. The predicted molar refractivity (Wildman–Crippen MR) is 85.4 cm³/mol. The maximum absolute atomic E-state index is 12.4. The number of Topliss-reactive ketones (excluding diaryl/α,β-unsaturated/α-hetero) is 1. The van der Waals surface area contributed by atoms with Gasteiger partial charge >= 0.3 is 5.97 Å². The van der Waals surface area contributed by atoms with Crippen LogP contribution in [-0.2, 0) is 4.79 Å². The van der Waals surface area contributed by atoms with Gasteiger partial charge in [0.25, 0.3) is 0 Å². The van der Waals surface area contributed by atoms with E-state index in [1.54, 1.807) is 24.3 Å². The van der Waals surface area contributed by atoms with Crippen LogP contribution in [0.2, 0.25) is 0 Å². The Bertz CT molecular complexity index is 534. The lowest BCUT2D eigenvalue weighted by Gasteiger charge is -2.18. The number of ether oxygens (including phenoxy) is 1. The molecule has 1 atom stereocenters. The topological polar surface area (TPSA) is 66.8 Å². The molecule has 0 aliphatic heterocycles. The van der Waals surface area contributed by atoms with Crippen molar-refractivity contribution in [1.82, 2.24) is 4.90 Å². The summed E-state index contributed by atoms with van der Waals surface area (Å²) in [6.07, 6.45) is -0.176. The summed E-state index contributed by atoms with van der Waals surface area (Å²) in [4.78, 5) is 25.2. The summed E-state index contributed by atoms with van der Waals surface area (Å²) < 4.78 is 5.48. The van der Waals surface area contributed by atoms with Gasteiger partial charge in [-0.25, -0.2) is 0 Å². The molecule has 0 saturated carbocycles. The second kappa shape index (κ2) is 8.34. The Hall–Kier alpha value is -2.14. The van der Waals surface area contributed by atoms with Crippen LogP contribution in [0.5, 0.6) is 5.75 Å². The van der Waals surface area contributed by atoms with Crippen molar-refractivity contribution in [2.75, 3.05) is 27.2 Å². The molecule has 1 rings (SSSR count). The zero-order valence-corrected chi connectivity index (χ0v) is 13.3. The van der Waals surface area contributed by atoms with Crippen LogP contribution in [0.15, 0.2) is 36.4 Å². The van der Waals surface area contributed by atoms with Crippen LogP contribution in [0.3, 0.4) is 0 Å². The highest BCUT2D eigenvalue weighted by molar-refractivity contribution is 5.99. The van der Waals surface area contributed by atoms with Gasteiger partial charge in [-0.3, -0.25) is 9.59 Å². The lowest BCUT2D eigenvalue weighted by atomic mass is 9.94. The molecule has 0 saturated heterocycles. The summed E-state index contributed by atoms with van der Waals surface area (Å²) in [6, 6.07) is 6.76. The number of carboxylic acid groups (broad SMARTS) is 1. The summed E-state index contributed by atoms with van der Waals surface area (Å²) in [7, 11) is 3.63. The van der Waals surface area contributed by atoms with Crippen molar-refractivity contribution in [3.8, 4) is 5.75 Å². The maximum Gasteiger partial charge on any atom is 0.304 e. The average molecular weight is 305 g/mol. The Labute approximate surface area is 131 Å². The third-order valence-electron chi connectivity index (χ3n) is 3.00. The lowest BCUT2D eigenvalue weighted by molar-refractivity contribution is -0.137. The number of rotatable bonds is 9. The van der Waals surface area contributed by atoms with Crippen molar-refractivity contribution in [3.05, 3.63) is 42.0 Å². The Morgan fingerprint density at radius 2 is 1.86 bits per heavy atom. The molecule has 0 aliphatic rings. The molecular formula is C17H23NO4. The number of carboxylic acids is 1. The van der Waals surface area contributed by atoms with Gasteiger partial charge in [0.2, 0.25) is 0 Å². The van der Waals surface area contributed by atoms with Crippen LogP contribution >= 0.6 is 0 Å². The van der Waals surface area contributed by atoms with E-state index in [2.05, 4.69) is 6.58 Å². The lowest BCUT2D eigenvalue weighted by Crippen LogP contribution is -2.30. The van der Waals surface area contributed by atoms with Gasteiger partial charge in [-0.15, -0.1) is 0 Å². The minimum Gasteiger partial charge on any atom is -0.489 e. The molecule has 0 spiro atoms. The van der Waals surface area contributed by atoms with E-state index < -0.39 is 11.9 Å². The van der Waals surface area contributed by atoms with Crippen LogP contribution in [0, 0.1) is 5.92 Å². The first-order valence-corrected chi connectivity index (χ1v) is 7.07. The van der Waals surface area contributed by atoms with Crippen molar-refractivity contribution in [1.29, 1.82) is 0 Å². The molecule has 0 heterocycles. The molecular weight excluding hydrogens is 282 g/mol. The van der Waals surface area contributed by atoms with E-state index in [9.17, 15) is 9.59 Å². The number of benzene rings is 1. The van der Waals surface area contributed by atoms with Crippen LogP contribution in [-0.4, -0.2) is 49.0 Å².